The Labute approximate surface area is 159 Å². The van der Waals surface area contributed by atoms with Gasteiger partial charge in [-0.15, -0.1) is 0 Å². The van der Waals surface area contributed by atoms with E-state index in [1.807, 2.05) is 31.2 Å². The SMILES string of the molecule is Cc1ccc(CNc2cc(C(=O)Nc3ccccc3C(F)(F)F)ncn2)cc1. The molecule has 0 saturated carbocycles. The summed E-state index contributed by atoms with van der Waals surface area (Å²) in [5.41, 5.74) is 0.875. The summed E-state index contributed by atoms with van der Waals surface area (Å²) < 4.78 is 39.2. The average Bonchev–Trinajstić information content (AvgIpc) is 2.67. The standard InChI is InChI=1S/C20H17F3N4O/c1-13-6-8-14(9-7-13)11-24-18-10-17(25-12-26-18)19(28)27-16-5-3-2-4-15(16)20(21,22)23/h2-10,12H,11H2,1H3,(H,27,28)(H,24,25,26). The number of hydrogen-bond acceptors (Lipinski definition) is 4. The molecule has 0 spiro atoms. The molecule has 1 heterocycles. The average molecular weight is 386 g/mol. The van der Waals surface area contributed by atoms with Crippen LogP contribution in [0.15, 0.2) is 60.9 Å². The Kier molecular flexibility index (Phi) is 5.58. The minimum atomic E-state index is -4.57. The summed E-state index contributed by atoms with van der Waals surface area (Å²) in [4.78, 5) is 20.2. The van der Waals surface area contributed by atoms with Gasteiger partial charge in [-0.25, -0.2) is 9.97 Å². The maximum Gasteiger partial charge on any atom is 0.418 e. The zero-order valence-corrected chi connectivity index (χ0v) is 14.9. The van der Waals surface area contributed by atoms with Crippen molar-refractivity contribution in [2.75, 3.05) is 10.6 Å². The molecule has 28 heavy (non-hydrogen) atoms. The second-order valence-electron chi connectivity index (χ2n) is 6.13. The number of nitrogens with one attached hydrogen (secondary N) is 2. The number of aromatic nitrogens is 2. The first-order chi connectivity index (χ1) is 13.3. The Morgan fingerprint density at radius 2 is 1.75 bits per heavy atom. The van der Waals surface area contributed by atoms with Crippen molar-refractivity contribution in [3.05, 3.63) is 83.3 Å². The lowest BCUT2D eigenvalue weighted by molar-refractivity contribution is -0.136. The van der Waals surface area contributed by atoms with Crippen molar-refractivity contribution in [3.63, 3.8) is 0 Å². The largest absolute Gasteiger partial charge is 0.418 e. The number of para-hydroxylation sites is 1. The van der Waals surface area contributed by atoms with Crippen LogP contribution in [-0.2, 0) is 12.7 Å². The third kappa shape index (κ3) is 4.85. The molecule has 0 atom stereocenters. The van der Waals surface area contributed by atoms with Gasteiger partial charge in [0.05, 0.1) is 11.3 Å². The van der Waals surface area contributed by atoms with E-state index in [2.05, 4.69) is 20.6 Å². The predicted octanol–water partition coefficient (Wildman–Crippen LogP) is 4.67. The van der Waals surface area contributed by atoms with Gasteiger partial charge in [-0.05, 0) is 24.6 Å². The third-order valence-electron chi connectivity index (χ3n) is 3.97. The number of aryl methyl sites for hydroxylation is 1. The molecule has 0 aliphatic rings. The van der Waals surface area contributed by atoms with E-state index in [0.717, 1.165) is 17.2 Å². The monoisotopic (exact) mass is 386 g/mol. The first-order valence-electron chi connectivity index (χ1n) is 8.42. The minimum absolute atomic E-state index is 0.0432. The lowest BCUT2D eigenvalue weighted by Crippen LogP contribution is -2.18. The van der Waals surface area contributed by atoms with Gasteiger partial charge in [0.25, 0.3) is 5.91 Å². The van der Waals surface area contributed by atoms with Crippen LogP contribution in [0.2, 0.25) is 0 Å². The van der Waals surface area contributed by atoms with Crippen molar-refractivity contribution in [1.29, 1.82) is 0 Å². The van der Waals surface area contributed by atoms with Crippen molar-refractivity contribution < 1.29 is 18.0 Å². The molecule has 0 aliphatic carbocycles. The molecule has 2 aromatic carbocycles. The second-order valence-corrected chi connectivity index (χ2v) is 6.13. The van der Waals surface area contributed by atoms with Crippen LogP contribution in [0.5, 0.6) is 0 Å². The molecule has 0 unspecified atom stereocenters. The summed E-state index contributed by atoms with van der Waals surface area (Å²) in [5.74, 6) is -0.359. The van der Waals surface area contributed by atoms with Crippen LogP contribution in [0.4, 0.5) is 24.7 Å². The molecule has 144 valence electrons. The molecular formula is C20H17F3N4O. The summed E-state index contributed by atoms with van der Waals surface area (Å²) >= 11 is 0. The van der Waals surface area contributed by atoms with Crippen LogP contribution in [0.1, 0.15) is 27.2 Å². The number of nitrogens with zero attached hydrogens (tertiary/aromatic N) is 2. The zero-order valence-electron chi connectivity index (χ0n) is 14.9. The lowest BCUT2D eigenvalue weighted by Gasteiger charge is -2.13. The molecule has 0 aliphatic heterocycles. The van der Waals surface area contributed by atoms with Crippen molar-refractivity contribution in [2.24, 2.45) is 0 Å². The van der Waals surface area contributed by atoms with E-state index in [-0.39, 0.29) is 11.4 Å². The number of carbonyl (C=O) groups excluding carboxylic acids is 1. The first-order valence-corrected chi connectivity index (χ1v) is 8.42. The Morgan fingerprint density at radius 1 is 1.04 bits per heavy atom. The van der Waals surface area contributed by atoms with Crippen molar-refractivity contribution >= 4 is 17.4 Å². The Balaban J connectivity index is 1.72. The summed E-state index contributed by atoms with van der Waals surface area (Å²) in [6.07, 6.45) is -3.39. The highest BCUT2D eigenvalue weighted by Gasteiger charge is 2.33. The fourth-order valence-corrected chi connectivity index (χ4v) is 2.50. The normalized spacial score (nSPS) is 11.1. The molecule has 0 bridgehead atoms. The van der Waals surface area contributed by atoms with Crippen LogP contribution in [0.3, 0.4) is 0 Å². The molecular weight excluding hydrogens is 369 g/mol. The van der Waals surface area contributed by atoms with E-state index in [9.17, 15) is 18.0 Å². The van der Waals surface area contributed by atoms with Crippen molar-refractivity contribution in [2.45, 2.75) is 19.6 Å². The van der Waals surface area contributed by atoms with Gasteiger partial charge in [0.1, 0.15) is 17.8 Å². The Bertz CT molecular complexity index is 972. The summed E-state index contributed by atoms with van der Waals surface area (Å²) in [5, 5.41) is 5.33. The van der Waals surface area contributed by atoms with Gasteiger partial charge < -0.3 is 10.6 Å². The highest BCUT2D eigenvalue weighted by Crippen LogP contribution is 2.34. The molecule has 0 fully saturated rings. The molecule has 3 aromatic rings. The summed E-state index contributed by atoms with van der Waals surface area (Å²) in [7, 11) is 0. The van der Waals surface area contributed by atoms with Crippen LogP contribution in [0.25, 0.3) is 0 Å². The molecule has 8 heteroatoms. The fourth-order valence-electron chi connectivity index (χ4n) is 2.50. The van der Waals surface area contributed by atoms with Gasteiger partial charge in [-0.2, -0.15) is 13.2 Å². The van der Waals surface area contributed by atoms with Crippen molar-refractivity contribution in [1.82, 2.24) is 9.97 Å². The number of carbonyl (C=O) groups is 1. The van der Waals surface area contributed by atoms with E-state index in [1.165, 1.54) is 30.6 Å². The Hall–Kier alpha value is -3.42. The van der Waals surface area contributed by atoms with Crippen LogP contribution in [0, 0.1) is 6.92 Å². The number of hydrogen-bond donors (Lipinski definition) is 2. The van der Waals surface area contributed by atoms with Crippen molar-refractivity contribution in [3.8, 4) is 0 Å². The smallest absolute Gasteiger partial charge is 0.366 e. The minimum Gasteiger partial charge on any atom is -0.366 e. The highest BCUT2D eigenvalue weighted by atomic mass is 19.4. The summed E-state index contributed by atoms with van der Waals surface area (Å²) in [6.45, 7) is 2.47. The molecule has 5 nitrogen and oxygen atoms in total. The van der Waals surface area contributed by atoms with Gasteiger partial charge in [-0.1, -0.05) is 42.0 Å². The lowest BCUT2D eigenvalue weighted by atomic mass is 10.1. The number of amides is 1. The van der Waals surface area contributed by atoms with E-state index in [1.54, 1.807) is 0 Å². The van der Waals surface area contributed by atoms with E-state index < -0.39 is 17.6 Å². The number of alkyl halides is 3. The third-order valence-corrected chi connectivity index (χ3v) is 3.97. The number of benzene rings is 2. The first kappa shape index (κ1) is 19.3. The van der Waals surface area contributed by atoms with Gasteiger partial charge >= 0.3 is 6.18 Å². The number of anilines is 2. The topological polar surface area (TPSA) is 66.9 Å². The van der Waals surface area contributed by atoms with Crippen LogP contribution < -0.4 is 10.6 Å². The molecule has 1 amide bonds. The zero-order chi connectivity index (χ0) is 20.1. The van der Waals surface area contributed by atoms with E-state index in [0.29, 0.717) is 12.4 Å². The van der Waals surface area contributed by atoms with Gasteiger partial charge in [-0.3, -0.25) is 4.79 Å². The molecule has 3 rings (SSSR count). The highest BCUT2D eigenvalue weighted by molar-refractivity contribution is 6.03. The van der Waals surface area contributed by atoms with E-state index >= 15 is 0 Å². The van der Waals surface area contributed by atoms with Gasteiger partial charge in [0.15, 0.2) is 0 Å². The molecule has 2 N–H and O–H groups in total. The number of halogens is 3. The second kappa shape index (κ2) is 8.08. The predicted molar refractivity (Wildman–Crippen MR) is 99.9 cm³/mol. The van der Waals surface area contributed by atoms with Crippen LogP contribution in [-0.4, -0.2) is 15.9 Å². The maximum atomic E-state index is 13.1. The molecule has 0 saturated heterocycles. The molecule has 1 aromatic heterocycles. The van der Waals surface area contributed by atoms with Gasteiger partial charge in [0.2, 0.25) is 0 Å². The van der Waals surface area contributed by atoms with Crippen LogP contribution >= 0.6 is 0 Å². The van der Waals surface area contributed by atoms with E-state index in [4.69, 9.17) is 0 Å². The summed E-state index contributed by atoms with van der Waals surface area (Å²) in [6, 6.07) is 14.1. The Morgan fingerprint density at radius 3 is 2.46 bits per heavy atom. The number of rotatable bonds is 5. The maximum absolute atomic E-state index is 13.1. The fraction of sp³-hybridized carbons (Fsp3) is 0.150. The van der Waals surface area contributed by atoms with Gasteiger partial charge in [0, 0.05) is 12.6 Å². The molecule has 0 radical (unpaired) electrons. The quantitative estimate of drug-likeness (QED) is 0.669.